The topological polar surface area (TPSA) is 67.2 Å². The maximum Gasteiger partial charge on any atom is 0.269 e. The van der Waals surface area contributed by atoms with Gasteiger partial charge in [-0.15, -0.1) is 0 Å². The van der Waals surface area contributed by atoms with E-state index >= 15 is 0 Å². The fraction of sp³-hybridized carbons (Fsp3) is 0.353. The summed E-state index contributed by atoms with van der Waals surface area (Å²) < 4.78 is 14.7. The van der Waals surface area contributed by atoms with Gasteiger partial charge in [-0.1, -0.05) is 12.1 Å². The van der Waals surface area contributed by atoms with Gasteiger partial charge in [0, 0.05) is 20.5 Å². The highest BCUT2D eigenvalue weighted by atomic mass is 19.1. The van der Waals surface area contributed by atoms with Gasteiger partial charge in [0.1, 0.15) is 11.5 Å². The SMILES string of the molecule is Cc1cc(C(=O)N[C@H]2CC(=O)N(C)[C@H]2c2ccc(F)cc2)n(C)n1. The molecule has 6 nitrogen and oxygen atoms in total. The lowest BCUT2D eigenvalue weighted by Gasteiger charge is -2.26. The van der Waals surface area contributed by atoms with Crippen molar-refractivity contribution in [3.63, 3.8) is 0 Å². The van der Waals surface area contributed by atoms with Crippen LogP contribution in [0.25, 0.3) is 0 Å². The molecule has 0 bridgehead atoms. The number of halogens is 1. The Kier molecular flexibility index (Phi) is 4.09. The first kappa shape index (κ1) is 16.2. The van der Waals surface area contributed by atoms with Gasteiger partial charge < -0.3 is 10.2 Å². The third-order valence-corrected chi connectivity index (χ3v) is 4.35. The van der Waals surface area contributed by atoms with E-state index in [0.717, 1.165) is 11.3 Å². The largest absolute Gasteiger partial charge is 0.345 e. The van der Waals surface area contributed by atoms with E-state index in [0.29, 0.717) is 5.69 Å². The van der Waals surface area contributed by atoms with Gasteiger partial charge in [0.15, 0.2) is 0 Å². The predicted octanol–water partition coefficient (Wildman–Crippen LogP) is 1.57. The number of hydrogen-bond donors (Lipinski definition) is 1. The van der Waals surface area contributed by atoms with Gasteiger partial charge in [-0.3, -0.25) is 14.3 Å². The monoisotopic (exact) mass is 330 g/mol. The lowest BCUT2D eigenvalue weighted by atomic mass is 10.00. The first-order chi connectivity index (χ1) is 11.4. The molecule has 1 aliphatic heterocycles. The summed E-state index contributed by atoms with van der Waals surface area (Å²) in [4.78, 5) is 26.2. The first-order valence-corrected chi connectivity index (χ1v) is 7.69. The third kappa shape index (κ3) is 2.89. The molecule has 1 aromatic heterocycles. The Hall–Kier alpha value is -2.70. The minimum atomic E-state index is -0.379. The normalized spacial score (nSPS) is 20.5. The summed E-state index contributed by atoms with van der Waals surface area (Å²) in [6, 6.07) is 6.99. The zero-order valence-electron chi connectivity index (χ0n) is 13.8. The molecule has 0 radical (unpaired) electrons. The molecule has 1 fully saturated rings. The highest BCUT2D eigenvalue weighted by Gasteiger charge is 2.39. The molecule has 2 aromatic rings. The Balaban J connectivity index is 1.85. The second-order valence-electron chi connectivity index (χ2n) is 6.08. The van der Waals surface area contributed by atoms with E-state index in [-0.39, 0.29) is 36.1 Å². The predicted molar refractivity (Wildman–Crippen MR) is 85.7 cm³/mol. The van der Waals surface area contributed by atoms with E-state index in [4.69, 9.17) is 0 Å². The maximum atomic E-state index is 13.2. The zero-order valence-corrected chi connectivity index (χ0v) is 13.8. The minimum absolute atomic E-state index is 0.0594. The van der Waals surface area contributed by atoms with Gasteiger partial charge in [-0.2, -0.15) is 5.10 Å². The average molecular weight is 330 g/mol. The molecule has 1 saturated heterocycles. The van der Waals surface area contributed by atoms with E-state index in [1.807, 2.05) is 6.92 Å². The molecule has 1 aromatic carbocycles. The zero-order chi connectivity index (χ0) is 17.4. The lowest BCUT2D eigenvalue weighted by molar-refractivity contribution is -0.127. The van der Waals surface area contributed by atoms with Crippen LogP contribution in [-0.4, -0.2) is 39.6 Å². The van der Waals surface area contributed by atoms with Crippen LogP contribution in [0.2, 0.25) is 0 Å². The van der Waals surface area contributed by atoms with Gasteiger partial charge in [-0.05, 0) is 30.7 Å². The lowest BCUT2D eigenvalue weighted by Crippen LogP contribution is -2.39. The molecular weight excluding hydrogens is 311 g/mol. The number of nitrogens with one attached hydrogen (secondary N) is 1. The van der Waals surface area contributed by atoms with Gasteiger partial charge >= 0.3 is 0 Å². The van der Waals surface area contributed by atoms with E-state index < -0.39 is 0 Å². The van der Waals surface area contributed by atoms with Crippen LogP contribution in [0.3, 0.4) is 0 Å². The fourth-order valence-corrected chi connectivity index (χ4v) is 3.18. The molecule has 3 rings (SSSR count). The van der Waals surface area contributed by atoms with Crippen molar-refractivity contribution < 1.29 is 14.0 Å². The number of amides is 2. The number of hydrogen-bond acceptors (Lipinski definition) is 3. The van der Waals surface area contributed by atoms with Gasteiger partial charge in [-0.25, -0.2) is 4.39 Å². The summed E-state index contributed by atoms with van der Waals surface area (Å²) in [5.41, 5.74) is 1.97. The Morgan fingerprint density at radius 3 is 2.54 bits per heavy atom. The number of carbonyl (C=O) groups is 2. The summed E-state index contributed by atoms with van der Waals surface area (Å²) in [5.74, 6) is -0.675. The molecule has 0 unspecified atom stereocenters. The Morgan fingerprint density at radius 2 is 1.96 bits per heavy atom. The molecule has 1 N–H and O–H groups in total. The molecule has 2 heterocycles. The van der Waals surface area contributed by atoms with Crippen molar-refractivity contribution >= 4 is 11.8 Å². The fourth-order valence-electron chi connectivity index (χ4n) is 3.18. The number of likely N-dealkylation sites (tertiary alicyclic amines) is 1. The average Bonchev–Trinajstić information content (AvgIpc) is 3.00. The van der Waals surface area contributed by atoms with Crippen molar-refractivity contribution in [1.29, 1.82) is 0 Å². The highest BCUT2D eigenvalue weighted by molar-refractivity contribution is 5.93. The summed E-state index contributed by atoms with van der Waals surface area (Å²) in [7, 11) is 3.39. The summed E-state index contributed by atoms with van der Waals surface area (Å²) >= 11 is 0. The molecule has 24 heavy (non-hydrogen) atoms. The van der Waals surface area contributed by atoms with E-state index in [9.17, 15) is 14.0 Å². The molecule has 0 saturated carbocycles. The molecule has 0 spiro atoms. The van der Waals surface area contributed by atoms with Gasteiger partial charge in [0.25, 0.3) is 5.91 Å². The van der Waals surface area contributed by atoms with Crippen LogP contribution in [0.1, 0.15) is 34.2 Å². The summed E-state index contributed by atoms with van der Waals surface area (Å²) in [5, 5.41) is 7.08. The van der Waals surface area contributed by atoms with Crippen molar-refractivity contribution in [1.82, 2.24) is 20.0 Å². The van der Waals surface area contributed by atoms with Crippen LogP contribution >= 0.6 is 0 Å². The molecule has 2 atom stereocenters. The number of rotatable bonds is 3. The van der Waals surface area contributed by atoms with Gasteiger partial charge in [0.05, 0.1) is 17.8 Å². The Labute approximate surface area is 139 Å². The van der Waals surface area contributed by atoms with Crippen LogP contribution < -0.4 is 5.32 Å². The van der Waals surface area contributed by atoms with Crippen molar-refractivity contribution in [3.8, 4) is 0 Å². The second-order valence-corrected chi connectivity index (χ2v) is 6.08. The third-order valence-electron chi connectivity index (χ3n) is 4.35. The molecule has 126 valence electrons. The summed E-state index contributed by atoms with van der Waals surface area (Å²) in [6.07, 6.45) is 0.209. The first-order valence-electron chi connectivity index (χ1n) is 7.69. The second kappa shape index (κ2) is 6.07. The van der Waals surface area contributed by atoms with Crippen LogP contribution in [0, 0.1) is 12.7 Å². The standard InChI is InChI=1S/C17H19FN4O2/c1-10-8-14(22(3)20-10)17(24)19-13-9-15(23)21(2)16(13)11-4-6-12(18)7-5-11/h4-8,13,16H,9H2,1-3H3,(H,19,24)/t13-,16-/m0/s1. The van der Waals surface area contributed by atoms with Crippen LogP contribution in [0.5, 0.6) is 0 Å². The quantitative estimate of drug-likeness (QED) is 0.929. The maximum absolute atomic E-state index is 13.2. The van der Waals surface area contributed by atoms with E-state index in [1.54, 1.807) is 37.2 Å². The Bertz CT molecular complexity index is 784. The number of likely N-dealkylation sites (N-methyl/N-ethyl adjacent to an activating group) is 1. The summed E-state index contributed by atoms with van der Waals surface area (Å²) in [6.45, 7) is 1.81. The number of aryl methyl sites for hydroxylation is 2. The van der Waals surface area contributed by atoms with Crippen LogP contribution in [0.4, 0.5) is 4.39 Å². The van der Waals surface area contributed by atoms with Crippen molar-refractivity contribution in [3.05, 3.63) is 53.1 Å². The number of carbonyl (C=O) groups excluding carboxylic acids is 2. The molecular formula is C17H19FN4O2. The molecule has 7 heteroatoms. The van der Waals surface area contributed by atoms with Crippen molar-refractivity contribution in [2.75, 3.05) is 7.05 Å². The van der Waals surface area contributed by atoms with Gasteiger partial charge in [0.2, 0.25) is 5.91 Å². The minimum Gasteiger partial charge on any atom is -0.345 e. The number of benzene rings is 1. The van der Waals surface area contributed by atoms with E-state index in [1.165, 1.54) is 16.8 Å². The van der Waals surface area contributed by atoms with Crippen LogP contribution in [-0.2, 0) is 11.8 Å². The smallest absolute Gasteiger partial charge is 0.269 e. The van der Waals surface area contributed by atoms with Crippen LogP contribution in [0.15, 0.2) is 30.3 Å². The molecule has 0 aliphatic carbocycles. The molecule has 1 aliphatic rings. The van der Waals surface area contributed by atoms with Crippen molar-refractivity contribution in [2.24, 2.45) is 7.05 Å². The molecule has 2 amide bonds. The van der Waals surface area contributed by atoms with Crippen molar-refractivity contribution in [2.45, 2.75) is 25.4 Å². The number of aromatic nitrogens is 2. The number of nitrogens with zero attached hydrogens (tertiary/aromatic N) is 3. The highest BCUT2D eigenvalue weighted by Crippen LogP contribution is 2.32. The Morgan fingerprint density at radius 1 is 1.29 bits per heavy atom. The van der Waals surface area contributed by atoms with E-state index in [2.05, 4.69) is 10.4 Å².